The van der Waals surface area contributed by atoms with Crippen LogP contribution in [0.2, 0.25) is 0 Å². The van der Waals surface area contributed by atoms with Crippen molar-refractivity contribution >= 4 is 23.9 Å². The summed E-state index contributed by atoms with van der Waals surface area (Å²) in [6.45, 7) is 3.57. The van der Waals surface area contributed by atoms with Gasteiger partial charge in [0.2, 0.25) is 18.7 Å². The molecule has 6 rings (SSSR count). The third kappa shape index (κ3) is 7.21. The van der Waals surface area contributed by atoms with Crippen LogP contribution in [-0.2, 0) is 38.0 Å². The molecule has 5 atom stereocenters. The molecular weight excluding hydrogens is 620 g/mol. The fourth-order valence-corrected chi connectivity index (χ4v) is 5.22. The molecule has 0 unspecified atom stereocenters. The van der Waals surface area contributed by atoms with Crippen LogP contribution in [0.15, 0.2) is 139 Å². The van der Waals surface area contributed by atoms with Crippen LogP contribution in [0.5, 0.6) is 0 Å². The van der Waals surface area contributed by atoms with Gasteiger partial charge in [-0.15, -0.1) is 6.58 Å². The summed E-state index contributed by atoms with van der Waals surface area (Å²) in [4.78, 5) is 51.8. The monoisotopic (exact) mass is 650 g/mol. The first-order valence-electron chi connectivity index (χ1n) is 15.0. The Bertz CT molecular complexity index is 1760. The first-order valence-corrected chi connectivity index (χ1v) is 15.0. The molecule has 0 saturated heterocycles. The minimum absolute atomic E-state index is 0.0526. The zero-order valence-electron chi connectivity index (χ0n) is 25.5. The maximum Gasteiger partial charge on any atom is 0.341 e. The van der Waals surface area contributed by atoms with Gasteiger partial charge in [-0.2, -0.15) is 0 Å². The number of benzene rings is 3. The quantitative estimate of drug-likeness (QED) is 0.165. The van der Waals surface area contributed by atoms with Crippen molar-refractivity contribution < 1.29 is 52.3 Å². The highest BCUT2D eigenvalue weighted by molar-refractivity contribution is 5.95. The minimum Gasteiger partial charge on any atom is -0.470 e. The lowest BCUT2D eigenvalue weighted by Gasteiger charge is -2.39. The van der Waals surface area contributed by atoms with E-state index in [4.69, 9.17) is 33.2 Å². The Morgan fingerprint density at radius 1 is 0.792 bits per heavy atom. The van der Waals surface area contributed by atoms with Gasteiger partial charge >= 0.3 is 23.9 Å². The maximum absolute atomic E-state index is 13.4. The van der Waals surface area contributed by atoms with Gasteiger partial charge in [-0.05, 0) is 48.0 Å². The highest BCUT2D eigenvalue weighted by atomic mass is 16.8. The summed E-state index contributed by atoms with van der Waals surface area (Å²) >= 11 is 0. The molecule has 3 aliphatic rings. The van der Waals surface area contributed by atoms with Gasteiger partial charge in [-0.1, -0.05) is 60.7 Å². The van der Waals surface area contributed by atoms with Gasteiger partial charge in [-0.25, -0.2) is 19.2 Å². The molecule has 0 N–H and O–H groups in total. The van der Waals surface area contributed by atoms with Crippen molar-refractivity contribution in [3.8, 4) is 0 Å². The minimum atomic E-state index is -1.46. The van der Waals surface area contributed by atoms with Gasteiger partial charge in [-0.3, -0.25) is 4.74 Å². The molecule has 3 aromatic rings. The third-order valence-corrected chi connectivity index (χ3v) is 7.61. The first kappa shape index (κ1) is 32.0. The smallest absolute Gasteiger partial charge is 0.341 e. The van der Waals surface area contributed by atoms with E-state index in [9.17, 15) is 19.2 Å². The predicted octanol–water partition coefficient (Wildman–Crippen LogP) is 5.08. The van der Waals surface area contributed by atoms with Crippen LogP contribution in [-0.4, -0.2) is 61.9 Å². The Morgan fingerprint density at radius 2 is 1.38 bits per heavy atom. The third-order valence-electron chi connectivity index (χ3n) is 7.61. The Kier molecular flexibility index (Phi) is 9.77. The summed E-state index contributed by atoms with van der Waals surface area (Å²) < 4.78 is 40.6. The van der Waals surface area contributed by atoms with Crippen molar-refractivity contribution in [3.63, 3.8) is 0 Å². The van der Waals surface area contributed by atoms with Crippen LogP contribution in [0.3, 0.4) is 0 Å². The summed E-state index contributed by atoms with van der Waals surface area (Å²) in [5.41, 5.74) is 1.58. The second kappa shape index (κ2) is 14.7. The van der Waals surface area contributed by atoms with Gasteiger partial charge < -0.3 is 28.4 Å². The Labute approximate surface area is 275 Å². The van der Waals surface area contributed by atoms with E-state index in [-0.39, 0.29) is 35.7 Å². The average molecular weight is 651 g/mol. The zero-order chi connectivity index (χ0) is 33.5. The van der Waals surface area contributed by atoms with Crippen LogP contribution in [0.1, 0.15) is 31.1 Å². The summed E-state index contributed by atoms with van der Waals surface area (Å²) in [5, 5.41) is 0. The molecule has 0 aromatic heterocycles. The fourth-order valence-electron chi connectivity index (χ4n) is 5.22. The molecule has 0 spiro atoms. The van der Waals surface area contributed by atoms with E-state index in [0.29, 0.717) is 11.1 Å². The molecule has 0 aliphatic carbocycles. The molecular formula is C37H30O11. The highest BCUT2D eigenvalue weighted by Crippen LogP contribution is 2.36. The molecule has 244 valence electrons. The van der Waals surface area contributed by atoms with Crippen LogP contribution in [0, 0.1) is 5.92 Å². The zero-order valence-corrected chi connectivity index (χ0v) is 25.5. The molecule has 0 fully saturated rings. The number of carbonyl (C=O) groups is 4. The lowest BCUT2D eigenvalue weighted by molar-refractivity contribution is -0.273. The number of esters is 4. The number of rotatable bonds is 10. The second-order valence-corrected chi connectivity index (χ2v) is 10.7. The molecule has 11 nitrogen and oxygen atoms in total. The lowest BCUT2D eigenvalue weighted by atomic mass is 9.89. The van der Waals surface area contributed by atoms with Crippen molar-refractivity contribution in [3.05, 3.63) is 156 Å². The highest BCUT2D eigenvalue weighted by Gasteiger charge is 2.46. The van der Waals surface area contributed by atoms with E-state index in [0.717, 1.165) is 0 Å². The molecule has 0 saturated carbocycles. The van der Waals surface area contributed by atoms with E-state index in [1.54, 1.807) is 103 Å². The maximum atomic E-state index is 13.4. The van der Waals surface area contributed by atoms with Crippen LogP contribution in [0.25, 0.3) is 0 Å². The van der Waals surface area contributed by atoms with Crippen LogP contribution >= 0.6 is 0 Å². The second-order valence-electron chi connectivity index (χ2n) is 10.7. The number of hydrogen-bond donors (Lipinski definition) is 0. The lowest BCUT2D eigenvalue weighted by Crippen LogP contribution is -2.51. The normalized spacial score (nSPS) is 22.9. The molecule has 48 heavy (non-hydrogen) atoms. The molecule has 0 radical (unpaired) electrons. The Morgan fingerprint density at radius 3 is 1.98 bits per heavy atom. The Balaban J connectivity index is 1.33. The SMILES string of the molecule is C=C[C@@H]1C2=CCOC(=O)C2=CO[C@H]1O[C@@H]1OC(COC(=O)c2ccccc2)=C[C@H](OC(=O)c2ccccc2)[C@H]1OC(=O)c1ccccc1. The number of carbonyl (C=O) groups excluding carboxylic acids is 4. The number of cyclic esters (lactones) is 1. The molecule has 3 heterocycles. The average Bonchev–Trinajstić information content (AvgIpc) is 3.13. The van der Waals surface area contributed by atoms with Crippen molar-refractivity contribution in [2.24, 2.45) is 5.92 Å². The Hall–Kier alpha value is -5.94. The van der Waals surface area contributed by atoms with Crippen molar-refractivity contribution in [2.45, 2.75) is 24.8 Å². The summed E-state index contributed by atoms with van der Waals surface area (Å²) in [5.74, 6) is -3.23. The van der Waals surface area contributed by atoms with Crippen molar-refractivity contribution in [1.82, 2.24) is 0 Å². The van der Waals surface area contributed by atoms with E-state index in [2.05, 4.69) is 6.58 Å². The van der Waals surface area contributed by atoms with Gasteiger partial charge in [0.15, 0.2) is 6.10 Å². The van der Waals surface area contributed by atoms with Crippen LogP contribution < -0.4 is 0 Å². The largest absolute Gasteiger partial charge is 0.470 e. The number of ether oxygens (including phenoxy) is 7. The molecule has 11 heteroatoms. The number of hydrogen-bond acceptors (Lipinski definition) is 11. The van der Waals surface area contributed by atoms with Gasteiger partial charge in [0.25, 0.3) is 0 Å². The molecule has 3 aliphatic heterocycles. The molecule has 3 aromatic carbocycles. The summed E-state index contributed by atoms with van der Waals surface area (Å²) in [6, 6.07) is 24.8. The van der Waals surface area contributed by atoms with Crippen molar-refractivity contribution in [2.75, 3.05) is 13.2 Å². The summed E-state index contributed by atoms with van der Waals surface area (Å²) in [6.07, 6.45) is 0.651. The molecule has 0 bridgehead atoms. The van der Waals surface area contributed by atoms with Crippen molar-refractivity contribution in [1.29, 1.82) is 0 Å². The van der Waals surface area contributed by atoms with Gasteiger partial charge in [0.1, 0.15) is 25.2 Å². The van der Waals surface area contributed by atoms with E-state index < -0.39 is 54.6 Å². The predicted molar refractivity (Wildman–Crippen MR) is 168 cm³/mol. The molecule has 0 amide bonds. The first-order chi connectivity index (χ1) is 23.4. The van der Waals surface area contributed by atoms with E-state index in [1.165, 1.54) is 12.3 Å². The fraction of sp³-hybridized carbons (Fsp3) is 0.189. The van der Waals surface area contributed by atoms with E-state index in [1.807, 2.05) is 0 Å². The van der Waals surface area contributed by atoms with Crippen LogP contribution in [0.4, 0.5) is 0 Å². The van der Waals surface area contributed by atoms with Gasteiger partial charge in [0, 0.05) is 6.08 Å². The van der Waals surface area contributed by atoms with Gasteiger partial charge in [0.05, 0.1) is 28.2 Å². The van der Waals surface area contributed by atoms with E-state index >= 15 is 0 Å². The standard InChI is InChI=1S/C37H30O11/c1-2-27-28-18-19-42-35(41)29(28)22-44-36(27)48-37-31(47-34(40)25-16-10-5-11-17-25)30(46-33(39)24-14-8-4-9-15-24)20-26(45-37)21-43-32(38)23-12-6-3-7-13-23/h2-18,20,22,27,30-31,36-37H,1,19,21H2/t27-,30+,31-,36+,37+/m1/s1. The summed E-state index contributed by atoms with van der Waals surface area (Å²) in [7, 11) is 0. The number of fused-ring (bicyclic) bond motifs is 1. The topological polar surface area (TPSA) is 133 Å².